The summed E-state index contributed by atoms with van der Waals surface area (Å²) >= 11 is 0. The molecule has 7 nitrogen and oxygen atoms in total. The molecule has 3 aliphatic heterocycles. The van der Waals surface area contributed by atoms with Crippen molar-refractivity contribution in [3.8, 4) is 0 Å². The van der Waals surface area contributed by atoms with Gasteiger partial charge in [0.25, 0.3) is 10.2 Å². The molecule has 132 valence electrons. The lowest BCUT2D eigenvalue weighted by Crippen LogP contribution is -2.54. The van der Waals surface area contributed by atoms with Crippen LogP contribution in [0.4, 0.5) is 0 Å². The molecule has 0 aromatic heterocycles. The van der Waals surface area contributed by atoms with E-state index >= 15 is 0 Å². The molecule has 0 radical (unpaired) electrons. The number of piperidine rings is 1. The van der Waals surface area contributed by atoms with Gasteiger partial charge in [-0.15, -0.1) is 0 Å². The number of carbonyl (C=O) groups is 1. The van der Waals surface area contributed by atoms with E-state index in [4.69, 9.17) is 0 Å². The Labute approximate surface area is 139 Å². The zero-order valence-corrected chi connectivity index (χ0v) is 15.2. The maximum Gasteiger partial charge on any atom is 0.281 e. The average molecular weight is 344 g/mol. The lowest BCUT2D eigenvalue weighted by molar-refractivity contribution is -0.133. The van der Waals surface area contributed by atoms with Crippen LogP contribution in [0.3, 0.4) is 0 Å². The summed E-state index contributed by atoms with van der Waals surface area (Å²) in [6.07, 6.45) is 2.41. The third-order valence-electron chi connectivity index (χ3n) is 6.22. The molecule has 0 aliphatic carbocycles. The van der Waals surface area contributed by atoms with Crippen LogP contribution in [0.2, 0.25) is 0 Å². The number of fused-ring (bicyclic) bond motifs is 1. The lowest BCUT2D eigenvalue weighted by atomic mass is 9.60. The van der Waals surface area contributed by atoms with E-state index in [0.29, 0.717) is 13.1 Å². The quantitative estimate of drug-likeness (QED) is 0.764. The Morgan fingerprint density at radius 3 is 2.30 bits per heavy atom. The molecule has 3 saturated heterocycles. The summed E-state index contributed by atoms with van der Waals surface area (Å²) in [5, 5.41) is 3.02. The molecule has 0 bridgehead atoms. The zero-order valence-electron chi connectivity index (χ0n) is 14.3. The summed E-state index contributed by atoms with van der Waals surface area (Å²) in [4.78, 5) is 15.0. The van der Waals surface area contributed by atoms with Crippen LogP contribution >= 0.6 is 0 Å². The summed E-state index contributed by atoms with van der Waals surface area (Å²) in [5.41, 5.74) is -0.404. The van der Waals surface area contributed by atoms with Crippen LogP contribution in [0.25, 0.3) is 0 Å². The third kappa shape index (κ3) is 2.42. The largest absolute Gasteiger partial charge is 0.356 e. The molecule has 3 aliphatic rings. The van der Waals surface area contributed by atoms with Crippen molar-refractivity contribution in [1.29, 1.82) is 0 Å². The van der Waals surface area contributed by atoms with Gasteiger partial charge in [-0.3, -0.25) is 4.79 Å². The van der Waals surface area contributed by atoms with Crippen molar-refractivity contribution < 1.29 is 13.2 Å². The predicted molar refractivity (Wildman–Crippen MR) is 88.0 cm³/mol. The molecule has 0 saturated carbocycles. The van der Waals surface area contributed by atoms with Crippen molar-refractivity contribution in [2.45, 2.75) is 26.2 Å². The number of amides is 1. The van der Waals surface area contributed by atoms with Crippen molar-refractivity contribution in [2.24, 2.45) is 10.8 Å². The first-order valence-electron chi connectivity index (χ1n) is 8.46. The maximum atomic E-state index is 12.6. The van der Waals surface area contributed by atoms with Gasteiger partial charge in [-0.2, -0.15) is 17.0 Å². The third-order valence-corrected chi connectivity index (χ3v) is 8.16. The molecule has 8 heteroatoms. The summed E-state index contributed by atoms with van der Waals surface area (Å²) in [6.45, 7) is 6.56. The highest BCUT2D eigenvalue weighted by molar-refractivity contribution is 7.86. The van der Waals surface area contributed by atoms with Crippen molar-refractivity contribution in [2.75, 3.05) is 53.4 Å². The number of carbonyl (C=O) groups excluding carboxylic acids is 1. The fraction of sp³-hybridized carbons (Fsp3) is 0.933. The zero-order chi connectivity index (χ0) is 16.9. The van der Waals surface area contributed by atoms with Crippen LogP contribution < -0.4 is 5.32 Å². The Morgan fingerprint density at radius 1 is 1.17 bits per heavy atom. The predicted octanol–water partition coefficient (Wildman–Crippen LogP) is -0.283. The molecule has 1 amide bonds. The van der Waals surface area contributed by atoms with Gasteiger partial charge in [-0.1, -0.05) is 6.92 Å². The number of rotatable bonds is 3. The van der Waals surface area contributed by atoms with Crippen molar-refractivity contribution in [3.05, 3.63) is 0 Å². The molecule has 23 heavy (non-hydrogen) atoms. The molecule has 0 aromatic rings. The first-order valence-corrected chi connectivity index (χ1v) is 9.85. The highest BCUT2D eigenvalue weighted by Crippen LogP contribution is 2.56. The molecule has 0 unspecified atom stereocenters. The second kappa shape index (κ2) is 5.68. The van der Waals surface area contributed by atoms with Gasteiger partial charge in [0, 0.05) is 52.2 Å². The maximum absolute atomic E-state index is 12.6. The van der Waals surface area contributed by atoms with Crippen LogP contribution in [0.15, 0.2) is 0 Å². The number of likely N-dealkylation sites (tertiary alicyclic amines) is 1. The van der Waals surface area contributed by atoms with Gasteiger partial charge >= 0.3 is 0 Å². The van der Waals surface area contributed by atoms with Crippen LogP contribution in [0.5, 0.6) is 0 Å². The monoisotopic (exact) mass is 344 g/mol. The minimum absolute atomic E-state index is 0.0814. The number of nitrogens with one attached hydrogen (secondary N) is 1. The molecule has 3 heterocycles. The van der Waals surface area contributed by atoms with E-state index in [2.05, 4.69) is 17.1 Å². The molecular weight excluding hydrogens is 316 g/mol. The Hall–Kier alpha value is -0.700. The summed E-state index contributed by atoms with van der Waals surface area (Å²) in [6, 6.07) is 0. The van der Waals surface area contributed by atoms with Crippen molar-refractivity contribution in [1.82, 2.24) is 18.8 Å². The molecule has 0 aromatic carbocycles. The Bertz CT molecular complexity index is 584. The van der Waals surface area contributed by atoms with Crippen molar-refractivity contribution in [3.63, 3.8) is 0 Å². The van der Waals surface area contributed by atoms with E-state index in [9.17, 15) is 13.2 Å². The fourth-order valence-corrected chi connectivity index (χ4v) is 5.86. The molecule has 2 spiro atoms. The van der Waals surface area contributed by atoms with Crippen LogP contribution in [-0.4, -0.2) is 81.2 Å². The minimum Gasteiger partial charge on any atom is -0.356 e. The average Bonchev–Trinajstić information content (AvgIpc) is 3.03. The topological polar surface area (TPSA) is 73.0 Å². The Kier molecular flexibility index (Phi) is 4.23. The standard InChI is InChI=1S/C15H28N4O3S/c1-4-18-11-14(15(12-18)5-8-16-13(15)20)6-9-19(10-7-14)23(21,22)17(2)3/h4-12H2,1-3H3,(H,16,20)/t15-/m1/s1. The number of hydrogen-bond donors (Lipinski definition) is 1. The first kappa shape index (κ1) is 17.1. The van der Waals surface area contributed by atoms with E-state index < -0.39 is 10.2 Å². The summed E-state index contributed by atoms with van der Waals surface area (Å²) in [5.74, 6) is 0.178. The lowest BCUT2D eigenvalue weighted by Gasteiger charge is -2.46. The first-order chi connectivity index (χ1) is 10.8. The molecule has 1 N–H and O–H groups in total. The Balaban J connectivity index is 1.84. The van der Waals surface area contributed by atoms with Gasteiger partial charge < -0.3 is 10.2 Å². The van der Waals surface area contributed by atoms with Gasteiger partial charge in [0.2, 0.25) is 5.91 Å². The fourth-order valence-electron chi connectivity index (χ4n) is 4.75. The van der Waals surface area contributed by atoms with Crippen LogP contribution in [-0.2, 0) is 15.0 Å². The van der Waals surface area contributed by atoms with E-state index in [1.54, 1.807) is 18.4 Å². The highest BCUT2D eigenvalue weighted by atomic mass is 32.2. The van der Waals surface area contributed by atoms with E-state index in [0.717, 1.165) is 45.4 Å². The SMILES string of the molecule is CCN1CC2(CCN(S(=O)(=O)N(C)C)CC2)[C@]2(CCNC2=O)C1. The summed E-state index contributed by atoms with van der Waals surface area (Å²) in [7, 11) is -0.222. The van der Waals surface area contributed by atoms with Gasteiger partial charge in [0.1, 0.15) is 0 Å². The number of hydrogen-bond acceptors (Lipinski definition) is 4. The normalized spacial score (nSPS) is 32.3. The van der Waals surface area contributed by atoms with Gasteiger partial charge in [-0.25, -0.2) is 0 Å². The smallest absolute Gasteiger partial charge is 0.281 e. The Morgan fingerprint density at radius 2 is 1.83 bits per heavy atom. The van der Waals surface area contributed by atoms with Crippen LogP contribution in [0.1, 0.15) is 26.2 Å². The molecule has 3 fully saturated rings. The summed E-state index contributed by atoms with van der Waals surface area (Å²) < 4.78 is 27.5. The molecular formula is C15H28N4O3S. The van der Waals surface area contributed by atoms with Crippen LogP contribution in [0, 0.1) is 10.8 Å². The molecule has 1 atom stereocenters. The van der Waals surface area contributed by atoms with Gasteiger partial charge in [0.15, 0.2) is 0 Å². The second-order valence-corrected chi connectivity index (χ2v) is 9.50. The number of nitrogens with zero attached hydrogens (tertiary/aromatic N) is 3. The van der Waals surface area contributed by atoms with Gasteiger partial charge in [-0.05, 0) is 25.8 Å². The van der Waals surface area contributed by atoms with Gasteiger partial charge in [0.05, 0.1) is 5.41 Å². The highest BCUT2D eigenvalue weighted by Gasteiger charge is 2.63. The van der Waals surface area contributed by atoms with E-state index in [1.165, 1.54) is 4.31 Å². The minimum atomic E-state index is -3.36. The van der Waals surface area contributed by atoms with E-state index in [1.807, 2.05) is 0 Å². The second-order valence-electron chi connectivity index (χ2n) is 7.36. The van der Waals surface area contributed by atoms with E-state index in [-0.39, 0.29) is 16.7 Å². The molecule has 3 rings (SSSR count). The van der Waals surface area contributed by atoms with Crippen molar-refractivity contribution >= 4 is 16.1 Å².